The molecule has 0 bridgehead atoms. The summed E-state index contributed by atoms with van der Waals surface area (Å²) in [5.74, 6) is -2.65. The molecule has 2 aromatic carbocycles. The minimum atomic E-state index is -1.29. The van der Waals surface area contributed by atoms with Crippen molar-refractivity contribution in [1.82, 2.24) is 0 Å². The van der Waals surface area contributed by atoms with Gasteiger partial charge in [0.2, 0.25) is 5.76 Å². The minimum Gasteiger partial charge on any atom is -0.475 e. The topological polar surface area (TPSA) is 79.5 Å². The average molecular weight is 299 g/mol. The van der Waals surface area contributed by atoms with E-state index in [0.717, 1.165) is 12.1 Å². The Bertz CT molecular complexity index is 867. The molecule has 0 aliphatic carbocycles. The van der Waals surface area contributed by atoms with Gasteiger partial charge in [0.1, 0.15) is 17.1 Å². The largest absolute Gasteiger partial charge is 0.475 e. The first-order valence-corrected chi connectivity index (χ1v) is 6.38. The summed E-state index contributed by atoms with van der Waals surface area (Å²) >= 11 is 0. The lowest BCUT2D eigenvalue weighted by Gasteiger charge is -2.04. The highest BCUT2D eigenvalue weighted by atomic mass is 19.1. The Morgan fingerprint density at radius 1 is 1.05 bits per heavy atom. The number of hydrogen-bond acceptors (Lipinski definition) is 3. The van der Waals surface area contributed by atoms with E-state index in [0.29, 0.717) is 11.0 Å². The number of furan rings is 1. The lowest BCUT2D eigenvalue weighted by Crippen LogP contribution is -2.13. The zero-order valence-electron chi connectivity index (χ0n) is 11.2. The molecule has 3 rings (SSSR count). The van der Waals surface area contributed by atoms with Crippen LogP contribution in [0.3, 0.4) is 0 Å². The smallest absolute Gasteiger partial charge is 0.374 e. The van der Waals surface area contributed by atoms with E-state index < -0.39 is 17.7 Å². The minimum absolute atomic E-state index is 0.0809. The molecular weight excluding hydrogens is 289 g/mol. The number of aromatic carboxylic acids is 1. The number of carboxylic acids is 1. The zero-order chi connectivity index (χ0) is 15.7. The Balaban J connectivity index is 2.02. The maximum Gasteiger partial charge on any atom is 0.374 e. The first kappa shape index (κ1) is 13.8. The second kappa shape index (κ2) is 5.33. The molecule has 0 saturated heterocycles. The van der Waals surface area contributed by atoms with Gasteiger partial charge >= 0.3 is 5.97 Å². The molecular formula is C16H10FNO4. The van der Waals surface area contributed by atoms with E-state index in [-0.39, 0.29) is 17.0 Å². The molecule has 5 nitrogen and oxygen atoms in total. The summed E-state index contributed by atoms with van der Waals surface area (Å²) < 4.78 is 18.1. The predicted octanol–water partition coefficient (Wildman–Crippen LogP) is 3.52. The number of hydrogen-bond donors (Lipinski definition) is 2. The monoisotopic (exact) mass is 299 g/mol. The molecule has 2 N–H and O–H groups in total. The number of benzene rings is 2. The van der Waals surface area contributed by atoms with E-state index in [4.69, 9.17) is 4.42 Å². The van der Waals surface area contributed by atoms with Crippen LogP contribution >= 0.6 is 0 Å². The maximum absolute atomic E-state index is 12.9. The van der Waals surface area contributed by atoms with Gasteiger partial charge in [-0.25, -0.2) is 9.18 Å². The molecule has 1 aromatic heterocycles. The van der Waals surface area contributed by atoms with Crippen molar-refractivity contribution in [2.45, 2.75) is 0 Å². The van der Waals surface area contributed by atoms with Gasteiger partial charge in [-0.2, -0.15) is 0 Å². The molecule has 0 aliphatic heterocycles. The third-order valence-corrected chi connectivity index (χ3v) is 3.13. The summed E-state index contributed by atoms with van der Waals surface area (Å²) in [6.07, 6.45) is 0. The zero-order valence-corrected chi connectivity index (χ0v) is 11.2. The molecule has 0 spiro atoms. The number of carbonyl (C=O) groups excluding carboxylic acids is 1. The number of nitrogens with one attached hydrogen (secondary N) is 1. The Hall–Kier alpha value is -3.15. The highest BCUT2D eigenvalue weighted by molar-refractivity contribution is 6.13. The number of halogens is 1. The van der Waals surface area contributed by atoms with Gasteiger partial charge < -0.3 is 14.8 Å². The fraction of sp³-hybridized carbons (Fsp3) is 0. The van der Waals surface area contributed by atoms with E-state index in [1.54, 1.807) is 24.3 Å². The van der Waals surface area contributed by atoms with Crippen molar-refractivity contribution in [2.75, 3.05) is 5.32 Å². The number of rotatable bonds is 3. The van der Waals surface area contributed by atoms with Crippen LogP contribution in [0.2, 0.25) is 0 Å². The number of carboxylic acid groups (broad SMARTS) is 1. The van der Waals surface area contributed by atoms with E-state index in [1.165, 1.54) is 12.1 Å². The molecule has 1 heterocycles. The van der Waals surface area contributed by atoms with E-state index in [9.17, 15) is 19.1 Å². The Kier molecular flexibility index (Phi) is 3.34. The highest BCUT2D eigenvalue weighted by Gasteiger charge is 2.21. The molecule has 110 valence electrons. The molecule has 1 amide bonds. The summed E-state index contributed by atoms with van der Waals surface area (Å²) in [4.78, 5) is 23.4. The Morgan fingerprint density at radius 2 is 1.73 bits per heavy atom. The fourth-order valence-corrected chi connectivity index (χ4v) is 2.11. The molecule has 0 fully saturated rings. The van der Waals surface area contributed by atoms with Crippen LogP contribution in [0.4, 0.5) is 10.1 Å². The first-order valence-electron chi connectivity index (χ1n) is 6.38. The second-order valence-electron chi connectivity index (χ2n) is 4.57. The lowest BCUT2D eigenvalue weighted by atomic mass is 10.2. The van der Waals surface area contributed by atoms with Crippen molar-refractivity contribution in [3.8, 4) is 0 Å². The molecule has 0 radical (unpaired) electrons. The highest BCUT2D eigenvalue weighted by Crippen LogP contribution is 2.31. The average Bonchev–Trinajstić information content (AvgIpc) is 2.87. The summed E-state index contributed by atoms with van der Waals surface area (Å²) in [7, 11) is 0. The van der Waals surface area contributed by atoms with Crippen LogP contribution in [-0.4, -0.2) is 17.0 Å². The van der Waals surface area contributed by atoms with Crippen LogP contribution in [0.5, 0.6) is 0 Å². The molecule has 0 aliphatic rings. The first-order chi connectivity index (χ1) is 10.6. The number of amides is 1. The number of anilines is 1. The van der Waals surface area contributed by atoms with Crippen LogP contribution in [0.15, 0.2) is 52.9 Å². The third-order valence-electron chi connectivity index (χ3n) is 3.13. The van der Waals surface area contributed by atoms with Crippen molar-refractivity contribution < 1.29 is 23.5 Å². The van der Waals surface area contributed by atoms with Gasteiger partial charge in [-0.1, -0.05) is 12.1 Å². The van der Waals surface area contributed by atoms with Gasteiger partial charge in [-0.3, -0.25) is 4.79 Å². The SMILES string of the molecule is O=C(Nc1c(C(=O)O)oc2ccccc12)c1ccc(F)cc1. The summed E-state index contributed by atoms with van der Waals surface area (Å²) in [5.41, 5.74) is 0.648. The normalized spacial score (nSPS) is 10.6. The predicted molar refractivity (Wildman–Crippen MR) is 77.5 cm³/mol. The van der Waals surface area contributed by atoms with Gasteiger partial charge in [0.15, 0.2) is 0 Å². The van der Waals surface area contributed by atoms with Gasteiger partial charge in [-0.05, 0) is 36.4 Å². The quantitative estimate of drug-likeness (QED) is 0.775. The van der Waals surface area contributed by atoms with Crippen LogP contribution in [0.1, 0.15) is 20.9 Å². The molecule has 3 aromatic rings. The fourth-order valence-electron chi connectivity index (χ4n) is 2.11. The second-order valence-corrected chi connectivity index (χ2v) is 4.57. The Morgan fingerprint density at radius 3 is 2.41 bits per heavy atom. The summed E-state index contributed by atoms with van der Waals surface area (Å²) in [6, 6.07) is 11.6. The molecule has 6 heteroatoms. The van der Waals surface area contributed by atoms with Crippen LogP contribution in [0.25, 0.3) is 11.0 Å². The number of fused-ring (bicyclic) bond motifs is 1. The summed E-state index contributed by atoms with van der Waals surface area (Å²) in [6.45, 7) is 0. The van der Waals surface area contributed by atoms with Crippen molar-refractivity contribution in [3.05, 3.63) is 65.7 Å². The van der Waals surface area contributed by atoms with E-state index in [1.807, 2.05) is 0 Å². The third kappa shape index (κ3) is 2.42. The van der Waals surface area contributed by atoms with Gasteiger partial charge in [0.05, 0.1) is 0 Å². The van der Waals surface area contributed by atoms with Crippen LogP contribution in [0, 0.1) is 5.82 Å². The van der Waals surface area contributed by atoms with E-state index >= 15 is 0 Å². The van der Waals surface area contributed by atoms with Crippen molar-refractivity contribution in [1.29, 1.82) is 0 Å². The molecule has 0 atom stereocenters. The van der Waals surface area contributed by atoms with Gasteiger partial charge in [0.25, 0.3) is 5.91 Å². The number of carbonyl (C=O) groups is 2. The van der Waals surface area contributed by atoms with Crippen molar-refractivity contribution in [3.63, 3.8) is 0 Å². The standard InChI is InChI=1S/C16H10FNO4/c17-10-7-5-9(6-8-10)15(19)18-13-11-3-1-2-4-12(11)22-14(13)16(20)21/h1-8H,(H,18,19)(H,20,21). The van der Waals surface area contributed by atoms with Crippen LogP contribution in [-0.2, 0) is 0 Å². The summed E-state index contributed by atoms with van der Waals surface area (Å²) in [5, 5.41) is 12.2. The maximum atomic E-state index is 12.9. The van der Waals surface area contributed by atoms with Gasteiger partial charge in [0, 0.05) is 10.9 Å². The van der Waals surface area contributed by atoms with Crippen molar-refractivity contribution in [2.24, 2.45) is 0 Å². The van der Waals surface area contributed by atoms with E-state index in [2.05, 4.69) is 5.32 Å². The molecule has 0 saturated carbocycles. The number of para-hydroxylation sites is 1. The van der Waals surface area contributed by atoms with Crippen molar-refractivity contribution >= 4 is 28.5 Å². The molecule has 22 heavy (non-hydrogen) atoms. The van der Waals surface area contributed by atoms with Crippen LogP contribution < -0.4 is 5.32 Å². The molecule has 0 unspecified atom stereocenters. The Labute approximate surface area is 124 Å². The van der Waals surface area contributed by atoms with Gasteiger partial charge in [-0.15, -0.1) is 0 Å². The lowest BCUT2D eigenvalue weighted by molar-refractivity contribution is 0.0666.